The minimum atomic E-state index is -3.91. The van der Waals surface area contributed by atoms with Crippen LogP contribution in [0.15, 0.2) is 45.9 Å². The smallest absolute Gasteiger partial charge is 0.359 e. The van der Waals surface area contributed by atoms with Gasteiger partial charge in [-0.2, -0.15) is 0 Å². The normalized spacial score (nSPS) is 14.6. The highest BCUT2D eigenvalue weighted by Crippen LogP contribution is 2.42. The van der Waals surface area contributed by atoms with Gasteiger partial charge in [0.15, 0.2) is 5.76 Å². The molecule has 22 heavy (non-hydrogen) atoms. The van der Waals surface area contributed by atoms with Gasteiger partial charge < -0.3 is 19.3 Å². The van der Waals surface area contributed by atoms with E-state index in [9.17, 15) is 9.46 Å². The van der Waals surface area contributed by atoms with Crippen molar-refractivity contribution in [2.45, 2.75) is 13.5 Å². The van der Waals surface area contributed by atoms with E-state index in [0.717, 1.165) is 5.56 Å². The maximum Gasteiger partial charge on any atom is 0.393 e. The number of hydrogen-bond acceptors (Lipinski definition) is 5. The van der Waals surface area contributed by atoms with Gasteiger partial charge in [0.1, 0.15) is 5.69 Å². The van der Waals surface area contributed by atoms with Crippen molar-refractivity contribution in [1.29, 1.82) is 0 Å². The van der Waals surface area contributed by atoms with E-state index in [0.29, 0.717) is 11.5 Å². The molecule has 0 bridgehead atoms. The lowest BCUT2D eigenvalue weighted by atomic mass is 10.1. The number of nitrogens with zero attached hydrogens (tertiary/aromatic N) is 2. The third-order valence-corrected chi connectivity index (χ3v) is 4.33. The third-order valence-electron chi connectivity index (χ3n) is 2.83. The van der Waals surface area contributed by atoms with Crippen LogP contribution < -0.4 is 5.32 Å². The molecular formula is C14H18N3O4P. The highest BCUT2D eigenvalue weighted by molar-refractivity contribution is 7.71. The van der Waals surface area contributed by atoms with Gasteiger partial charge in [-0.25, -0.2) is 0 Å². The summed E-state index contributed by atoms with van der Waals surface area (Å²) < 4.78 is 21.9. The van der Waals surface area contributed by atoms with Crippen molar-refractivity contribution in [3.8, 4) is 11.3 Å². The van der Waals surface area contributed by atoms with Crippen molar-refractivity contribution >= 4 is 13.2 Å². The van der Waals surface area contributed by atoms with E-state index < -0.39 is 7.60 Å². The van der Waals surface area contributed by atoms with Crippen LogP contribution in [-0.2, 0) is 15.6 Å². The minimum absolute atomic E-state index is 0.105. The molecule has 0 saturated heterocycles. The fourth-order valence-corrected chi connectivity index (χ4v) is 2.85. The maximum absolute atomic E-state index is 11.9. The number of rotatable bonds is 6. The first-order valence-electron chi connectivity index (χ1n) is 6.76. The molecule has 0 aliphatic heterocycles. The summed E-state index contributed by atoms with van der Waals surface area (Å²) in [6.45, 7) is 1.94. The average molecular weight is 323 g/mol. The summed E-state index contributed by atoms with van der Waals surface area (Å²) in [7, 11) is -2.50. The van der Waals surface area contributed by atoms with Crippen LogP contribution >= 0.6 is 7.60 Å². The van der Waals surface area contributed by atoms with Crippen molar-refractivity contribution in [2.75, 3.05) is 13.7 Å². The van der Waals surface area contributed by atoms with Gasteiger partial charge in [-0.15, -0.1) is 0 Å². The lowest BCUT2D eigenvalue weighted by Crippen LogP contribution is -2.23. The molecule has 0 spiro atoms. The van der Waals surface area contributed by atoms with E-state index in [1.165, 1.54) is 7.05 Å². The summed E-state index contributed by atoms with van der Waals surface area (Å²) in [5.74, 6) is 0.525. The molecule has 1 unspecified atom stereocenters. The summed E-state index contributed by atoms with van der Waals surface area (Å²) in [4.78, 5) is 13.5. The second-order valence-corrected chi connectivity index (χ2v) is 6.11. The molecule has 0 fully saturated rings. The first-order chi connectivity index (χ1) is 10.6. The predicted molar refractivity (Wildman–Crippen MR) is 83.6 cm³/mol. The molecule has 0 amide bonds. The monoisotopic (exact) mass is 323 g/mol. The van der Waals surface area contributed by atoms with Crippen LogP contribution in [-0.4, -0.2) is 29.3 Å². The molecule has 0 aliphatic carbocycles. The van der Waals surface area contributed by atoms with Crippen LogP contribution in [0.1, 0.15) is 12.7 Å². The minimum Gasteiger partial charge on any atom is -0.359 e. The Bertz CT molecular complexity index is 684. The molecule has 0 saturated carbocycles. The molecule has 1 atom stereocenters. The van der Waals surface area contributed by atoms with Gasteiger partial charge in [-0.1, -0.05) is 35.5 Å². The van der Waals surface area contributed by atoms with Gasteiger partial charge in [0, 0.05) is 18.7 Å². The summed E-state index contributed by atoms with van der Waals surface area (Å²) >= 11 is 0. The molecule has 8 heteroatoms. The van der Waals surface area contributed by atoms with Crippen LogP contribution in [0.2, 0.25) is 0 Å². The van der Waals surface area contributed by atoms with Gasteiger partial charge >= 0.3 is 7.60 Å². The largest absolute Gasteiger partial charge is 0.393 e. The molecule has 0 aliphatic rings. The van der Waals surface area contributed by atoms with Crippen LogP contribution in [0.4, 0.5) is 0 Å². The third kappa shape index (κ3) is 4.04. The summed E-state index contributed by atoms with van der Waals surface area (Å²) in [5, 5.41) is 6.72. The van der Waals surface area contributed by atoms with Crippen LogP contribution in [0.25, 0.3) is 11.3 Å². The quantitative estimate of drug-likeness (QED) is 0.482. The first kappa shape index (κ1) is 16.4. The Hall–Kier alpha value is -1.95. The Morgan fingerprint density at radius 2 is 2.18 bits per heavy atom. The van der Waals surface area contributed by atoms with Gasteiger partial charge in [0.25, 0.3) is 0 Å². The van der Waals surface area contributed by atoms with E-state index in [4.69, 9.17) is 9.05 Å². The van der Waals surface area contributed by atoms with Crippen molar-refractivity contribution < 1.29 is 18.5 Å². The van der Waals surface area contributed by atoms with Gasteiger partial charge in [-0.05, 0) is 6.92 Å². The molecule has 1 aromatic carbocycles. The number of amidine groups is 1. The number of hydrogen-bond donors (Lipinski definition) is 2. The standard InChI is InChI=1S/C14H18N3O4P/c1-3-20-22(18,19)14(15-2)16-10-12-9-13(17-21-12)11-7-5-4-6-8-11/h4-9H,3,10H2,1-2H3,(H,15,16)(H,18,19). The number of benzene rings is 1. The molecule has 2 N–H and O–H groups in total. The van der Waals surface area contributed by atoms with Crippen LogP contribution in [0.5, 0.6) is 0 Å². The van der Waals surface area contributed by atoms with E-state index in [1.54, 1.807) is 13.0 Å². The van der Waals surface area contributed by atoms with Gasteiger partial charge in [-0.3, -0.25) is 9.56 Å². The molecule has 7 nitrogen and oxygen atoms in total. The van der Waals surface area contributed by atoms with Gasteiger partial charge in [0.2, 0.25) is 5.58 Å². The van der Waals surface area contributed by atoms with Crippen molar-refractivity contribution in [3.63, 3.8) is 0 Å². The molecule has 2 rings (SSSR count). The Morgan fingerprint density at radius 1 is 1.45 bits per heavy atom. The second-order valence-electron chi connectivity index (χ2n) is 4.38. The first-order valence-corrected chi connectivity index (χ1v) is 8.34. The second kappa shape index (κ2) is 7.35. The summed E-state index contributed by atoms with van der Waals surface area (Å²) in [5.41, 5.74) is 1.53. The van der Waals surface area contributed by atoms with E-state index >= 15 is 0 Å². The SMILES string of the molecule is CCOP(=O)(O)C(=NC)NCc1cc(-c2ccccc2)no1. The lowest BCUT2D eigenvalue weighted by Gasteiger charge is -2.13. The van der Waals surface area contributed by atoms with E-state index in [-0.39, 0.29) is 18.7 Å². The molecular weight excluding hydrogens is 305 g/mol. The zero-order valence-corrected chi connectivity index (χ0v) is 13.3. The molecule has 2 aromatic rings. The van der Waals surface area contributed by atoms with Crippen LogP contribution in [0.3, 0.4) is 0 Å². The highest BCUT2D eigenvalue weighted by atomic mass is 31.2. The fraction of sp³-hybridized carbons (Fsp3) is 0.286. The zero-order valence-electron chi connectivity index (χ0n) is 12.4. The molecule has 0 radical (unpaired) electrons. The topological polar surface area (TPSA) is 97.0 Å². The number of aromatic nitrogens is 1. The summed E-state index contributed by atoms with van der Waals surface area (Å²) in [6, 6.07) is 11.3. The highest BCUT2D eigenvalue weighted by Gasteiger charge is 2.27. The zero-order chi connectivity index (χ0) is 16.0. The van der Waals surface area contributed by atoms with Gasteiger partial charge in [0.05, 0.1) is 13.2 Å². The molecule has 118 valence electrons. The summed E-state index contributed by atoms with van der Waals surface area (Å²) in [6.07, 6.45) is 0. The van der Waals surface area contributed by atoms with E-state index in [2.05, 4.69) is 15.5 Å². The Balaban J connectivity index is 2.03. The number of aliphatic imine (C=N–C) groups is 1. The predicted octanol–water partition coefficient (Wildman–Crippen LogP) is 2.64. The Labute approximate surface area is 128 Å². The van der Waals surface area contributed by atoms with Crippen molar-refractivity contribution in [1.82, 2.24) is 10.5 Å². The maximum atomic E-state index is 11.9. The Morgan fingerprint density at radius 3 is 2.82 bits per heavy atom. The molecule has 1 aromatic heterocycles. The molecule has 1 heterocycles. The fourth-order valence-electron chi connectivity index (χ4n) is 1.85. The average Bonchev–Trinajstić information content (AvgIpc) is 2.97. The lowest BCUT2D eigenvalue weighted by molar-refractivity contribution is 0.285. The van der Waals surface area contributed by atoms with Crippen molar-refractivity contribution in [3.05, 3.63) is 42.2 Å². The van der Waals surface area contributed by atoms with Crippen LogP contribution in [0, 0.1) is 0 Å². The van der Waals surface area contributed by atoms with E-state index in [1.807, 2.05) is 30.3 Å². The Kier molecular flexibility index (Phi) is 5.49. The van der Waals surface area contributed by atoms with Crippen molar-refractivity contribution in [2.24, 2.45) is 4.99 Å². The number of nitrogens with one attached hydrogen (secondary N) is 1.